The Morgan fingerprint density at radius 2 is 2.00 bits per heavy atom. The van der Waals surface area contributed by atoms with Gasteiger partial charge < -0.3 is 10.1 Å². The van der Waals surface area contributed by atoms with Crippen LogP contribution in [0, 0.1) is 0 Å². The lowest BCUT2D eigenvalue weighted by Crippen LogP contribution is -2.15. The minimum Gasteiger partial charge on any atom is -0.492 e. The summed E-state index contributed by atoms with van der Waals surface area (Å²) >= 11 is 0. The van der Waals surface area contributed by atoms with Crippen molar-refractivity contribution in [2.75, 3.05) is 19.0 Å². The second-order valence-corrected chi connectivity index (χ2v) is 5.65. The highest BCUT2D eigenvalue weighted by molar-refractivity contribution is 5.87. The van der Waals surface area contributed by atoms with E-state index in [1.807, 2.05) is 26.1 Å². The SMILES string of the molecule is CCOc1cccc2cc(C(C)(C)C)c(NC)nc12. The van der Waals surface area contributed by atoms with E-state index in [1.54, 1.807) is 0 Å². The minimum absolute atomic E-state index is 0.0567. The predicted octanol–water partition coefficient (Wildman–Crippen LogP) is 3.97. The first kappa shape index (κ1) is 13.7. The smallest absolute Gasteiger partial charge is 0.145 e. The van der Waals surface area contributed by atoms with Gasteiger partial charge in [0.05, 0.1) is 6.61 Å². The van der Waals surface area contributed by atoms with Crippen LogP contribution in [0.15, 0.2) is 24.3 Å². The molecule has 0 amide bonds. The Hall–Kier alpha value is -1.77. The molecular weight excluding hydrogens is 236 g/mol. The molecular formula is C16H22N2O. The summed E-state index contributed by atoms with van der Waals surface area (Å²) in [6.07, 6.45) is 0. The van der Waals surface area contributed by atoms with Crippen molar-refractivity contribution in [1.82, 2.24) is 4.98 Å². The zero-order valence-corrected chi connectivity index (χ0v) is 12.4. The molecule has 1 aromatic heterocycles. The Morgan fingerprint density at radius 3 is 2.58 bits per heavy atom. The molecule has 0 radical (unpaired) electrons. The number of nitrogens with zero attached hydrogens (tertiary/aromatic N) is 1. The molecule has 3 heteroatoms. The van der Waals surface area contributed by atoms with Gasteiger partial charge in [-0.3, -0.25) is 0 Å². The Morgan fingerprint density at radius 1 is 1.26 bits per heavy atom. The fourth-order valence-corrected chi connectivity index (χ4v) is 2.21. The normalized spacial score (nSPS) is 11.6. The fourth-order valence-electron chi connectivity index (χ4n) is 2.21. The van der Waals surface area contributed by atoms with Crippen molar-refractivity contribution in [2.45, 2.75) is 33.1 Å². The van der Waals surface area contributed by atoms with Crippen LogP contribution in [0.1, 0.15) is 33.3 Å². The number of fused-ring (bicyclic) bond motifs is 1. The van der Waals surface area contributed by atoms with E-state index in [-0.39, 0.29) is 5.41 Å². The lowest BCUT2D eigenvalue weighted by Gasteiger charge is -2.23. The molecule has 2 rings (SSSR count). The lowest BCUT2D eigenvalue weighted by molar-refractivity contribution is 0.343. The maximum atomic E-state index is 5.65. The Labute approximate surface area is 115 Å². The van der Waals surface area contributed by atoms with Crippen LogP contribution in [0.4, 0.5) is 5.82 Å². The van der Waals surface area contributed by atoms with Gasteiger partial charge in [0.2, 0.25) is 0 Å². The average molecular weight is 258 g/mol. The summed E-state index contributed by atoms with van der Waals surface area (Å²) in [5, 5.41) is 4.32. The summed E-state index contributed by atoms with van der Waals surface area (Å²) in [4.78, 5) is 4.74. The largest absolute Gasteiger partial charge is 0.492 e. The molecule has 0 aliphatic heterocycles. The summed E-state index contributed by atoms with van der Waals surface area (Å²) in [6, 6.07) is 8.27. The zero-order valence-electron chi connectivity index (χ0n) is 12.4. The van der Waals surface area contributed by atoms with Crippen molar-refractivity contribution in [1.29, 1.82) is 0 Å². The third-order valence-corrected chi connectivity index (χ3v) is 3.15. The van der Waals surface area contributed by atoms with Crippen LogP contribution < -0.4 is 10.1 Å². The van der Waals surface area contributed by atoms with Gasteiger partial charge in [-0.1, -0.05) is 32.9 Å². The van der Waals surface area contributed by atoms with Crippen LogP contribution in [0.2, 0.25) is 0 Å². The van der Waals surface area contributed by atoms with E-state index in [2.05, 4.69) is 38.2 Å². The topological polar surface area (TPSA) is 34.1 Å². The first-order valence-electron chi connectivity index (χ1n) is 6.72. The predicted molar refractivity (Wildman–Crippen MR) is 81.2 cm³/mol. The molecule has 3 nitrogen and oxygen atoms in total. The van der Waals surface area contributed by atoms with E-state index in [9.17, 15) is 0 Å². The van der Waals surface area contributed by atoms with Gasteiger partial charge in [-0.2, -0.15) is 0 Å². The van der Waals surface area contributed by atoms with E-state index in [0.29, 0.717) is 6.61 Å². The van der Waals surface area contributed by atoms with Crippen molar-refractivity contribution in [3.8, 4) is 5.75 Å². The van der Waals surface area contributed by atoms with Gasteiger partial charge in [-0.05, 0) is 24.5 Å². The number of nitrogens with one attached hydrogen (secondary N) is 1. The van der Waals surface area contributed by atoms with E-state index in [0.717, 1.165) is 22.5 Å². The molecule has 0 saturated heterocycles. The summed E-state index contributed by atoms with van der Waals surface area (Å²) < 4.78 is 5.65. The van der Waals surface area contributed by atoms with Gasteiger partial charge in [0.1, 0.15) is 17.1 Å². The second kappa shape index (κ2) is 5.08. The van der Waals surface area contributed by atoms with Crippen LogP contribution in [-0.2, 0) is 5.41 Å². The first-order valence-corrected chi connectivity index (χ1v) is 6.72. The molecule has 0 saturated carbocycles. The molecule has 102 valence electrons. The van der Waals surface area contributed by atoms with Crippen molar-refractivity contribution in [3.63, 3.8) is 0 Å². The first-order chi connectivity index (χ1) is 8.97. The number of aromatic nitrogens is 1. The number of benzene rings is 1. The van der Waals surface area contributed by atoms with E-state index in [1.165, 1.54) is 5.56 Å². The number of hydrogen-bond acceptors (Lipinski definition) is 3. The zero-order chi connectivity index (χ0) is 14.0. The van der Waals surface area contributed by atoms with Crippen LogP contribution in [-0.4, -0.2) is 18.6 Å². The van der Waals surface area contributed by atoms with Crippen LogP contribution in [0.3, 0.4) is 0 Å². The van der Waals surface area contributed by atoms with Gasteiger partial charge in [0.15, 0.2) is 0 Å². The highest BCUT2D eigenvalue weighted by Crippen LogP contribution is 2.33. The van der Waals surface area contributed by atoms with E-state index >= 15 is 0 Å². The molecule has 0 spiro atoms. The lowest BCUT2D eigenvalue weighted by atomic mass is 9.86. The van der Waals surface area contributed by atoms with Gasteiger partial charge in [-0.15, -0.1) is 0 Å². The third kappa shape index (κ3) is 2.65. The van der Waals surface area contributed by atoms with Crippen molar-refractivity contribution in [3.05, 3.63) is 29.8 Å². The molecule has 19 heavy (non-hydrogen) atoms. The maximum absolute atomic E-state index is 5.65. The molecule has 1 N–H and O–H groups in total. The highest BCUT2D eigenvalue weighted by atomic mass is 16.5. The Kier molecular flexibility index (Phi) is 3.65. The van der Waals surface area contributed by atoms with Crippen LogP contribution in [0.5, 0.6) is 5.75 Å². The highest BCUT2D eigenvalue weighted by Gasteiger charge is 2.20. The number of para-hydroxylation sites is 1. The van der Waals surface area contributed by atoms with Crippen molar-refractivity contribution >= 4 is 16.7 Å². The number of hydrogen-bond donors (Lipinski definition) is 1. The van der Waals surface area contributed by atoms with Crippen LogP contribution >= 0.6 is 0 Å². The second-order valence-electron chi connectivity index (χ2n) is 5.65. The molecule has 1 aromatic carbocycles. The quantitative estimate of drug-likeness (QED) is 0.904. The van der Waals surface area contributed by atoms with Crippen molar-refractivity contribution in [2.24, 2.45) is 0 Å². The standard InChI is InChI=1S/C16H22N2O/c1-6-19-13-9-7-8-11-10-12(16(2,3)4)15(17-5)18-14(11)13/h7-10H,6H2,1-5H3,(H,17,18). The Balaban J connectivity index is 2.70. The maximum Gasteiger partial charge on any atom is 0.145 e. The van der Waals surface area contributed by atoms with E-state index in [4.69, 9.17) is 9.72 Å². The number of rotatable bonds is 3. The third-order valence-electron chi connectivity index (χ3n) is 3.15. The average Bonchev–Trinajstić information content (AvgIpc) is 2.37. The number of pyridine rings is 1. The summed E-state index contributed by atoms with van der Waals surface area (Å²) in [6.45, 7) is 9.23. The summed E-state index contributed by atoms with van der Waals surface area (Å²) in [5.74, 6) is 1.77. The molecule has 0 unspecified atom stereocenters. The van der Waals surface area contributed by atoms with Gasteiger partial charge in [0, 0.05) is 18.0 Å². The monoisotopic (exact) mass is 258 g/mol. The van der Waals surface area contributed by atoms with Gasteiger partial charge in [-0.25, -0.2) is 4.98 Å². The molecule has 0 bridgehead atoms. The fraction of sp³-hybridized carbons (Fsp3) is 0.438. The molecule has 0 fully saturated rings. The van der Waals surface area contributed by atoms with Crippen molar-refractivity contribution < 1.29 is 4.74 Å². The Bertz CT molecular complexity index is 585. The number of anilines is 1. The van der Waals surface area contributed by atoms with E-state index < -0.39 is 0 Å². The molecule has 0 atom stereocenters. The van der Waals surface area contributed by atoms with Gasteiger partial charge in [0.25, 0.3) is 0 Å². The summed E-state index contributed by atoms with van der Waals surface area (Å²) in [7, 11) is 1.91. The molecule has 1 heterocycles. The molecule has 2 aromatic rings. The molecule has 0 aliphatic carbocycles. The van der Waals surface area contributed by atoms with Crippen LogP contribution in [0.25, 0.3) is 10.9 Å². The summed E-state index contributed by atoms with van der Waals surface area (Å²) in [5.41, 5.74) is 2.19. The molecule has 0 aliphatic rings. The number of ether oxygens (including phenoxy) is 1. The minimum atomic E-state index is 0.0567. The van der Waals surface area contributed by atoms with Gasteiger partial charge >= 0.3 is 0 Å².